The SMILES string of the molecule is COc1c(Cl)cc(F)cc1C1(CN)CCCC1. The van der Waals surface area contributed by atoms with Crippen LogP contribution in [-0.4, -0.2) is 13.7 Å². The van der Waals surface area contributed by atoms with Crippen LogP contribution < -0.4 is 10.5 Å². The molecule has 4 heteroatoms. The first-order valence-corrected chi connectivity index (χ1v) is 6.24. The van der Waals surface area contributed by atoms with Gasteiger partial charge >= 0.3 is 0 Å². The number of ether oxygens (including phenoxy) is 1. The lowest BCUT2D eigenvalue weighted by molar-refractivity contribution is 0.375. The summed E-state index contributed by atoms with van der Waals surface area (Å²) in [6.07, 6.45) is 4.18. The Kier molecular flexibility index (Phi) is 3.59. The lowest BCUT2D eigenvalue weighted by Crippen LogP contribution is -2.32. The second kappa shape index (κ2) is 4.83. The van der Waals surface area contributed by atoms with E-state index in [1.165, 1.54) is 12.1 Å². The first-order chi connectivity index (χ1) is 8.13. The molecule has 2 rings (SSSR count). The average Bonchev–Trinajstić information content (AvgIpc) is 2.77. The summed E-state index contributed by atoms with van der Waals surface area (Å²) in [5.74, 6) is 0.242. The molecule has 0 aromatic heterocycles. The van der Waals surface area contributed by atoms with E-state index < -0.39 is 0 Å². The molecule has 1 saturated carbocycles. The standard InChI is InChI=1S/C13H17ClFNO/c1-17-12-10(6-9(15)7-11(12)14)13(8-16)4-2-3-5-13/h6-7H,2-5,8,16H2,1H3. The lowest BCUT2D eigenvalue weighted by atomic mass is 9.78. The Labute approximate surface area is 106 Å². The molecule has 0 atom stereocenters. The molecule has 2 nitrogen and oxygen atoms in total. The topological polar surface area (TPSA) is 35.2 Å². The quantitative estimate of drug-likeness (QED) is 0.902. The number of benzene rings is 1. The van der Waals surface area contributed by atoms with E-state index in [0.29, 0.717) is 17.3 Å². The molecule has 0 heterocycles. The van der Waals surface area contributed by atoms with E-state index in [2.05, 4.69) is 0 Å². The van der Waals surface area contributed by atoms with Crippen molar-refractivity contribution < 1.29 is 9.13 Å². The van der Waals surface area contributed by atoms with Gasteiger partial charge in [0.25, 0.3) is 0 Å². The summed E-state index contributed by atoms with van der Waals surface area (Å²) in [5.41, 5.74) is 6.56. The minimum Gasteiger partial charge on any atom is -0.495 e. The van der Waals surface area contributed by atoms with E-state index in [-0.39, 0.29) is 11.2 Å². The average molecular weight is 258 g/mol. The number of methoxy groups -OCH3 is 1. The molecule has 2 N–H and O–H groups in total. The maximum Gasteiger partial charge on any atom is 0.141 e. The fourth-order valence-corrected chi connectivity index (χ4v) is 3.08. The van der Waals surface area contributed by atoms with Crippen LogP contribution in [-0.2, 0) is 5.41 Å². The van der Waals surface area contributed by atoms with Crippen LogP contribution in [0.3, 0.4) is 0 Å². The molecule has 1 fully saturated rings. The van der Waals surface area contributed by atoms with Gasteiger partial charge in [-0.05, 0) is 25.0 Å². The van der Waals surface area contributed by atoms with Gasteiger partial charge in [0, 0.05) is 17.5 Å². The largest absolute Gasteiger partial charge is 0.495 e. The van der Waals surface area contributed by atoms with E-state index in [4.69, 9.17) is 22.1 Å². The van der Waals surface area contributed by atoms with Crippen LogP contribution in [0.4, 0.5) is 4.39 Å². The van der Waals surface area contributed by atoms with Crippen molar-refractivity contribution in [2.24, 2.45) is 5.73 Å². The zero-order chi connectivity index (χ0) is 12.5. The number of hydrogen-bond acceptors (Lipinski definition) is 2. The smallest absolute Gasteiger partial charge is 0.141 e. The maximum atomic E-state index is 13.5. The van der Waals surface area contributed by atoms with Crippen molar-refractivity contribution in [2.45, 2.75) is 31.1 Å². The summed E-state index contributed by atoms with van der Waals surface area (Å²) >= 11 is 6.03. The highest BCUT2D eigenvalue weighted by Gasteiger charge is 2.37. The van der Waals surface area contributed by atoms with Crippen molar-refractivity contribution in [1.29, 1.82) is 0 Å². The molecular formula is C13H17ClFNO. The molecule has 0 radical (unpaired) electrons. The third-order valence-corrected chi connectivity index (χ3v) is 4.02. The van der Waals surface area contributed by atoms with Crippen LogP contribution in [0.25, 0.3) is 0 Å². The second-order valence-electron chi connectivity index (χ2n) is 4.66. The third-order valence-electron chi connectivity index (χ3n) is 3.74. The number of halogens is 2. The molecule has 0 unspecified atom stereocenters. The number of hydrogen-bond donors (Lipinski definition) is 1. The first kappa shape index (κ1) is 12.7. The second-order valence-corrected chi connectivity index (χ2v) is 5.07. The Bertz CT molecular complexity index is 416. The van der Waals surface area contributed by atoms with E-state index in [0.717, 1.165) is 31.2 Å². The molecule has 1 aliphatic carbocycles. The Morgan fingerprint density at radius 2 is 2.06 bits per heavy atom. The zero-order valence-electron chi connectivity index (χ0n) is 9.93. The van der Waals surface area contributed by atoms with Crippen LogP contribution in [0.1, 0.15) is 31.2 Å². The van der Waals surface area contributed by atoms with Crippen LogP contribution in [0.5, 0.6) is 5.75 Å². The highest BCUT2D eigenvalue weighted by Crippen LogP contribution is 2.46. The lowest BCUT2D eigenvalue weighted by Gasteiger charge is -2.30. The minimum absolute atomic E-state index is 0.170. The number of nitrogens with two attached hydrogens (primary N) is 1. The molecule has 0 saturated heterocycles. The number of rotatable bonds is 3. The fraction of sp³-hybridized carbons (Fsp3) is 0.538. The summed E-state index contributed by atoms with van der Waals surface area (Å²) in [6, 6.07) is 2.80. The summed E-state index contributed by atoms with van der Waals surface area (Å²) in [5, 5.41) is 0.322. The first-order valence-electron chi connectivity index (χ1n) is 5.86. The highest BCUT2D eigenvalue weighted by atomic mass is 35.5. The molecule has 0 aliphatic heterocycles. The molecule has 0 spiro atoms. The molecular weight excluding hydrogens is 241 g/mol. The van der Waals surface area contributed by atoms with Crippen molar-refractivity contribution in [3.05, 3.63) is 28.5 Å². The van der Waals surface area contributed by atoms with Gasteiger partial charge in [-0.3, -0.25) is 0 Å². The van der Waals surface area contributed by atoms with E-state index >= 15 is 0 Å². The summed E-state index contributed by atoms with van der Waals surface area (Å²) in [4.78, 5) is 0. The Morgan fingerprint density at radius 3 is 2.59 bits per heavy atom. The van der Waals surface area contributed by atoms with Gasteiger partial charge < -0.3 is 10.5 Å². The van der Waals surface area contributed by atoms with Crippen molar-refractivity contribution in [3.63, 3.8) is 0 Å². The van der Waals surface area contributed by atoms with Gasteiger partial charge in [0.05, 0.1) is 12.1 Å². The molecule has 1 aromatic carbocycles. The molecule has 1 aromatic rings. The summed E-state index contributed by atoms with van der Waals surface area (Å²) < 4.78 is 18.8. The van der Waals surface area contributed by atoms with Gasteiger partial charge in [-0.1, -0.05) is 24.4 Å². The van der Waals surface area contributed by atoms with Crippen molar-refractivity contribution in [3.8, 4) is 5.75 Å². The summed E-state index contributed by atoms with van der Waals surface area (Å²) in [6.45, 7) is 0.503. The van der Waals surface area contributed by atoms with Crippen LogP contribution in [0, 0.1) is 5.82 Å². The molecule has 17 heavy (non-hydrogen) atoms. The van der Waals surface area contributed by atoms with E-state index in [1.54, 1.807) is 7.11 Å². The Hall–Kier alpha value is -0.800. The molecule has 0 bridgehead atoms. The van der Waals surface area contributed by atoms with Crippen LogP contribution in [0.2, 0.25) is 5.02 Å². The van der Waals surface area contributed by atoms with Gasteiger partial charge in [-0.2, -0.15) is 0 Å². The normalized spacial score (nSPS) is 18.4. The zero-order valence-corrected chi connectivity index (χ0v) is 10.7. The van der Waals surface area contributed by atoms with Gasteiger partial charge in [-0.25, -0.2) is 4.39 Å². The fourth-order valence-electron chi connectivity index (χ4n) is 2.80. The predicted octanol–water partition coefficient (Wildman–Crippen LogP) is 3.26. The van der Waals surface area contributed by atoms with Crippen molar-refractivity contribution in [1.82, 2.24) is 0 Å². The van der Waals surface area contributed by atoms with E-state index in [1.807, 2.05) is 0 Å². The van der Waals surface area contributed by atoms with Gasteiger partial charge in [0.15, 0.2) is 0 Å². The van der Waals surface area contributed by atoms with Crippen LogP contribution in [0.15, 0.2) is 12.1 Å². The third kappa shape index (κ3) is 2.14. The van der Waals surface area contributed by atoms with Crippen molar-refractivity contribution in [2.75, 3.05) is 13.7 Å². The highest BCUT2D eigenvalue weighted by molar-refractivity contribution is 6.32. The summed E-state index contributed by atoms with van der Waals surface area (Å²) in [7, 11) is 1.56. The Morgan fingerprint density at radius 1 is 1.41 bits per heavy atom. The van der Waals surface area contributed by atoms with Gasteiger partial charge in [0.2, 0.25) is 0 Å². The molecule has 1 aliphatic rings. The van der Waals surface area contributed by atoms with Gasteiger partial charge in [0.1, 0.15) is 11.6 Å². The van der Waals surface area contributed by atoms with E-state index in [9.17, 15) is 4.39 Å². The molecule has 0 amide bonds. The maximum absolute atomic E-state index is 13.5. The monoisotopic (exact) mass is 257 g/mol. The Balaban J connectivity index is 2.56. The van der Waals surface area contributed by atoms with Crippen LogP contribution >= 0.6 is 11.6 Å². The minimum atomic E-state index is -0.328. The van der Waals surface area contributed by atoms with Crippen molar-refractivity contribution >= 4 is 11.6 Å². The molecule has 94 valence electrons. The predicted molar refractivity (Wildman–Crippen MR) is 67.2 cm³/mol. The van der Waals surface area contributed by atoms with Gasteiger partial charge in [-0.15, -0.1) is 0 Å².